The van der Waals surface area contributed by atoms with E-state index in [-0.39, 0.29) is 0 Å². The van der Waals surface area contributed by atoms with Gasteiger partial charge in [-0.2, -0.15) is 0 Å². The highest BCUT2D eigenvalue weighted by molar-refractivity contribution is 5.71. The second-order valence-electron chi connectivity index (χ2n) is 4.89. The molecule has 0 bridgehead atoms. The van der Waals surface area contributed by atoms with Gasteiger partial charge < -0.3 is 5.73 Å². The van der Waals surface area contributed by atoms with Crippen LogP contribution in [0.5, 0.6) is 0 Å². The van der Waals surface area contributed by atoms with Crippen molar-refractivity contribution >= 4 is 5.57 Å². The van der Waals surface area contributed by atoms with E-state index in [2.05, 4.69) is 44.2 Å². The third-order valence-corrected chi connectivity index (χ3v) is 3.39. The number of hydrogen-bond acceptors (Lipinski definition) is 1. The van der Waals surface area contributed by atoms with Crippen molar-refractivity contribution in [2.24, 2.45) is 5.73 Å². The van der Waals surface area contributed by atoms with Gasteiger partial charge in [-0.15, -0.1) is 0 Å². The molecule has 2 rings (SSSR count). The molecule has 15 heavy (non-hydrogen) atoms. The smallest absolute Gasteiger partial charge is 0.0112 e. The summed E-state index contributed by atoms with van der Waals surface area (Å²) in [6, 6.07) is 8.72. The Hall–Kier alpha value is -1.08. The second kappa shape index (κ2) is 3.82. The highest BCUT2D eigenvalue weighted by Crippen LogP contribution is 2.41. The lowest BCUT2D eigenvalue weighted by Crippen LogP contribution is -2.23. The van der Waals surface area contributed by atoms with E-state index >= 15 is 0 Å². The van der Waals surface area contributed by atoms with Crippen LogP contribution in [0.4, 0.5) is 0 Å². The Kier molecular flexibility index (Phi) is 2.66. The fraction of sp³-hybridized carbons (Fsp3) is 0.429. The minimum atomic E-state index is 0.308. The summed E-state index contributed by atoms with van der Waals surface area (Å²) in [4.78, 5) is 0. The number of benzene rings is 1. The van der Waals surface area contributed by atoms with E-state index in [1.807, 2.05) is 0 Å². The molecule has 0 aliphatic heterocycles. The molecule has 0 unspecified atom stereocenters. The predicted molar refractivity (Wildman–Crippen MR) is 65.7 cm³/mol. The van der Waals surface area contributed by atoms with Gasteiger partial charge in [-0.25, -0.2) is 0 Å². The Labute approximate surface area is 92.0 Å². The lowest BCUT2D eigenvalue weighted by Gasteiger charge is -2.34. The summed E-state index contributed by atoms with van der Waals surface area (Å²) < 4.78 is 0. The molecule has 1 aliphatic carbocycles. The van der Waals surface area contributed by atoms with E-state index in [0.29, 0.717) is 12.0 Å². The number of allylic oxidation sites excluding steroid dienone is 1. The molecule has 0 radical (unpaired) electrons. The fourth-order valence-electron chi connectivity index (χ4n) is 2.42. The highest BCUT2D eigenvalue weighted by atomic mass is 14.5. The molecule has 2 N–H and O–H groups in total. The normalized spacial score (nSPS) is 21.4. The summed E-state index contributed by atoms with van der Waals surface area (Å²) in [5.74, 6) is 0. The molecule has 1 aromatic carbocycles. The summed E-state index contributed by atoms with van der Waals surface area (Å²) >= 11 is 0. The number of nitrogens with two attached hydrogens (primary N) is 1. The van der Waals surface area contributed by atoms with E-state index in [1.54, 1.807) is 0 Å². The first-order chi connectivity index (χ1) is 7.15. The quantitative estimate of drug-likeness (QED) is 0.742. The summed E-state index contributed by atoms with van der Waals surface area (Å²) in [5.41, 5.74) is 10.2. The van der Waals surface area contributed by atoms with Gasteiger partial charge in [0.1, 0.15) is 0 Å². The van der Waals surface area contributed by atoms with Crippen LogP contribution >= 0.6 is 0 Å². The minimum Gasteiger partial charge on any atom is -0.327 e. The van der Waals surface area contributed by atoms with Crippen molar-refractivity contribution in [3.8, 4) is 0 Å². The van der Waals surface area contributed by atoms with Gasteiger partial charge in [-0.05, 0) is 35.0 Å². The summed E-state index contributed by atoms with van der Waals surface area (Å²) in [6.07, 6.45) is 4.53. The Bertz CT molecular complexity index is 388. The van der Waals surface area contributed by atoms with Crippen molar-refractivity contribution in [1.82, 2.24) is 0 Å². The SMILES string of the molecule is CC1(C)CCC(=CCN)c2ccccc21. The van der Waals surface area contributed by atoms with Crippen LogP contribution in [0.2, 0.25) is 0 Å². The monoisotopic (exact) mass is 201 g/mol. The van der Waals surface area contributed by atoms with Crippen LogP contribution in [0.25, 0.3) is 5.57 Å². The van der Waals surface area contributed by atoms with Crippen molar-refractivity contribution in [1.29, 1.82) is 0 Å². The predicted octanol–water partition coefficient (Wildman–Crippen LogP) is 3.10. The van der Waals surface area contributed by atoms with Gasteiger partial charge in [-0.1, -0.05) is 44.2 Å². The Morgan fingerprint density at radius 2 is 2.07 bits per heavy atom. The topological polar surface area (TPSA) is 26.0 Å². The van der Waals surface area contributed by atoms with Gasteiger partial charge in [0, 0.05) is 6.54 Å². The zero-order chi connectivity index (χ0) is 10.9. The van der Waals surface area contributed by atoms with Gasteiger partial charge in [0.25, 0.3) is 0 Å². The van der Waals surface area contributed by atoms with Crippen molar-refractivity contribution in [3.05, 3.63) is 41.5 Å². The van der Waals surface area contributed by atoms with Crippen molar-refractivity contribution < 1.29 is 0 Å². The molecule has 1 nitrogen and oxygen atoms in total. The van der Waals surface area contributed by atoms with E-state index < -0.39 is 0 Å². The molecule has 0 heterocycles. The largest absolute Gasteiger partial charge is 0.327 e. The third kappa shape index (κ3) is 1.84. The highest BCUT2D eigenvalue weighted by Gasteiger charge is 2.28. The van der Waals surface area contributed by atoms with E-state index in [1.165, 1.54) is 23.1 Å². The first-order valence-electron chi connectivity index (χ1n) is 5.64. The molecule has 1 aromatic rings. The van der Waals surface area contributed by atoms with Crippen LogP contribution in [0.3, 0.4) is 0 Å². The maximum Gasteiger partial charge on any atom is 0.0112 e. The Morgan fingerprint density at radius 1 is 1.33 bits per heavy atom. The first kappa shape index (κ1) is 10.4. The molecule has 0 aromatic heterocycles. The number of hydrogen-bond donors (Lipinski definition) is 1. The average molecular weight is 201 g/mol. The van der Waals surface area contributed by atoms with Gasteiger partial charge >= 0.3 is 0 Å². The Morgan fingerprint density at radius 3 is 2.80 bits per heavy atom. The zero-order valence-corrected chi connectivity index (χ0v) is 9.59. The van der Waals surface area contributed by atoms with Crippen LogP contribution in [-0.4, -0.2) is 6.54 Å². The molecule has 0 atom stereocenters. The zero-order valence-electron chi connectivity index (χ0n) is 9.59. The van der Waals surface area contributed by atoms with Crippen LogP contribution in [-0.2, 0) is 5.41 Å². The standard InChI is InChI=1S/C14H19N/c1-14(2)9-7-11(8-10-15)12-5-3-4-6-13(12)14/h3-6,8H,7,9-10,15H2,1-2H3. The minimum absolute atomic E-state index is 0.308. The molecule has 0 fully saturated rings. The molecule has 0 amide bonds. The molecule has 0 saturated heterocycles. The molecule has 0 saturated carbocycles. The maximum atomic E-state index is 5.61. The van der Waals surface area contributed by atoms with Crippen LogP contribution < -0.4 is 5.73 Å². The van der Waals surface area contributed by atoms with Crippen molar-refractivity contribution in [2.45, 2.75) is 32.1 Å². The molecule has 0 spiro atoms. The van der Waals surface area contributed by atoms with Gasteiger partial charge in [0.15, 0.2) is 0 Å². The number of fused-ring (bicyclic) bond motifs is 1. The summed E-state index contributed by atoms with van der Waals surface area (Å²) in [7, 11) is 0. The van der Waals surface area contributed by atoms with Crippen LogP contribution in [0, 0.1) is 0 Å². The van der Waals surface area contributed by atoms with Gasteiger partial charge in [0.2, 0.25) is 0 Å². The molecule has 1 heteroatoms. The van der Waals surface area contributed by atoms with E-state index in [4.69, 9.17) is 5.73 Å². The average Bonchev–Trinajstić information content (AvgIpc) is 2.23. The molecule has 1 aliphatic rings. The molecular weight excluding hydrogens is 182 g/mol. The lowest BCUT2D eigenvalue weighted by atomic mass is 9.71. The first-order valence-corrected chi connectivity index (χ1v) is 5.64. The summed E-state index contributed by atoms with van der Waals surface area (Å²) in [6.45, 7) is 5.29. The number of rotatable bonds is 1. The summed E-state index contributed by atoms with van der Waals surface area (Å²) in [5, 5.41) is 0. The van der Waals surface area contributed by atoms with Crippen molar-refractivity contribution in [3.63, 3.8) is 0 Å². The molecular formula is C14H19N. The molecule has 80 valence electrons. The third-order valence-electron chi connectivity index (χ3n) is 3.39. The fourth-order valence-corrected chi connectivity index (χ4v) is 2.42. The van der Waals surface area contributed by atoms with Gasteiger partial charge in [0.05, 0.1) is 0 Å². The van der Waals surface area contributed by atoms with E-state index in [9.17, 15) is 0 Å². The van der Waals surface area contributed by atoms with E-state index in [0.717, 1.165) is 6.42 Å². The Balaban J connectivity index is 2.54. The maximum absolute atomic E-state index is 5.61. The van der Waals surface area contributed by atoms with Crippen LogP contribution in [0.15, 0.2) is 30.3 Å². The second-order valence-corrected chi connectivity index (χ2v) is 4.89. The van der Waals surface area contributed by atoms with Crippen LogP contribution in [0.1, 0.15) is 37.8 Å². The van der Waals surface area contributed by atoms with Crippen molar-refractivity contribution in [2.75, 3.05) is 6.54 Å². The van der Waals surface area contributed by atoms with Gasteiger partial charge in [-0.3, -0.25) is 0 Å². The lowest BCUT2D eigenvalue weighted by molar-refractivity contribution is 0.474.